The molecule has 4 heteroatoms. The highest BCUT2D eigenvalue weighted by atomic mass is 19.1. The molecule has 1 N–H and O–H groups in total. The second-order valence-corrected chi connectivity index (χ2v) is 6.03. The fraction of sp³-hybridized carbons (Fsp3) is 0.632. The molecule has 0 aliphatic rings. The van der Waals surface area contributed by atoms with Gasteiger partial charge in [0.2, 0.25) is 0 Å². The van der Waals surface area contributed by atoms with Crippen molar-refractivity contribution in [2.24, 2.45) is 11.8 Å². The van der Waals surface area contributed by atoms with Crippen molar-refractivity contribution < 1.29 is 18.7 Å². The standard InChI is InChI=1S/C12H19FO.C7H11FO/c1-4-5-6-7-12(14)11(13)9-8-10(2)3;1-6(2)3-4-7(8)5-9/h9-10,12,14H,4-5,8H2,1-3H3;4-6H,3H2,1-2H3/b11-9+;7-4+. The van der Waals surface area contributed by atoms with Crippen molar-refractivity contribution in [2.45, 2.75) is 66.4 Å². The van der Waals surface area contributed by atoms with Gasteiger partial charge < -0.3 is 5.11 Å². The Bertz CT molecular complexity index is 426. The Balaban J connectivity index is 0. The number of aliphatic hydroxyl groups is 1. The molecular weight excluding hydrogens is 298 g/mol. The lowest BCUT2D eigenvalue weighted by molar-refractivity contribution is -0.106. The zero-order chi connectivity index (χ0) is 18.3. The first-order valence-corrected chi connectivity index (χ1v) is 8.07. The molecule has 0 saturated heterocycles. The molecule has 0 heterocycles. The first kappa shape index (κ1) is 23.8. The number of hydrogen-bond acceptors (Lipinski definition) is 2. The van der Waals surface area contributed by atoms with Crippen molar-refractivity contribution in [1.29, 1.82) is 0 Å². The Kier molecular flexibility index (Phi) is 16.0. The van der Waals surface area contributed by atoms with Gasteiger partial charge in [0.25, 0.3) is 0 Å². The molecule has 0 fully saturated rings. The minimum Gasteiger partial charge on any atom is -0.374 e. The molecule has 23 heavy (non-hydrogen) atoms. The Morgan fingerprint density at radius 3 is 2.04 bits per heavy atom. The molecule has 0 amide bonds. The summed E-state index contributed by atoms with van der Waals surface area (Å²) in [5.74, 6) is 4.82. The van der Waals surface area contributed by atoms with Crippen molar-refractivity contribution >= 4 is 6.29 Å². The quantitative estimate of drug-likeness (QED) is 0.399. The van der Waals surface area contributed by atoms with E-state index in [0.29, 0.717) is 31.1 Å². The minimum atomic E-state index is -1.24. The van der Waals surface area contributed by atoms with E-state index in [-0.39, 0.29) is 6.29 Å². The number of rotatable bonds is 7. The van der Waals surface area contributed by atoms with Crippen LogP contribution in [-0.2, 0) is 4.79 Å². The van der Waals surface area contributed by atoms with Gasteiger partial charge in [-0.15, -0.1) is 5.92 Å². The van der Waals surface area contributed by atoms with E-state index in [1.165, 1.54) is 12.2 Å². The third-order valence-electron chi connectivity index (χ3n) is 2.56. The zero-order valence-electron chi connectivity index (χ0n) is 14.9. The van der Waals surface area contributed by atoms with E-state index < -0.39 is 17.8 Å². The molecule has 1 atom stereocenters. The van der Waals surface area contributed by atoms with Crippen LogP contribution in [0.4, 0.5) is 8.78 Å². The third kappa shape index (κ3) is 18.5. The van der Waals surface area contributed by atoms with Gasteiger partial charge >= 0.3 is 0 Å². The van der Waals surface area contributed by atoms with Crippen LogP contribution in [0, 0.1) is 23.7 Å². The maximum atomic E-state index is 13.1. The highest BCUT2D eigenvalue weighted by molar-refractivity contribution is 5.69. The summed E-state index contributed by atoms with van der Waals surface area (Å²) >= 11 is 0. The molecule has 0 aliphatic carbocycles. The molecule has 0 aromatic rings. The van der Waals surface area contributed by atoms with Gasteiger partial charge in [-0.3, -0.25) is 4.79 Å². The van der Waals surface area contributed by atoms with Crippen LogP contribution >= 0.6 is 0 Å². The molecule has 0 bridgehead atoms. The van der Waals surface area contributed by atoms with E-state index in [1.807, 2.05) is 34.6 Å². The number of carbonyl (C=O) groups is 1. The van der Waals surface area contributed by atoms with Crippen LogP contribution in [0.15, 0.2) is 23.8 Å². The van der Waals surface area contributed by atoms with Crippen LogP contribution in [0.5, 0.6) is 0 Å². The van der Waals surface area contributed by atoms with E-state index in [1.54, 1.807) is 0 Å². The lowest BCUT2D eigenvalue weighted by atomic mass is 10.1. The van der Waals surface area contributed by atoms with Crippen LogP contribution in [0.25, 0.3) is 0 Å². The predicted octanol–water partition coefficient (Wildman–Crippen LogP) is 5.14. The number of aldehydes is 1. The Labute approximate surface area is 139 Å². The summed E-state index contributed by atoms with van der Waals surface area (Å²) in [7, 11) is 0. The number of allylic oxidation sites excluding steroid dienone is 3. The molecule has 132 valence electrons. The maximum Gasteiger partial charge on any atom is 0.178 e. The minimum absolute atomic E-state index is 0.225. The van der Waals surface area contributed by atoms with E-state index in [0.717, 1.165) is 6.42 Å². The van der Waals surface area contributed by atoms with Gasteiger partial charge in [-0.1, -0.05) is 40.5 Å². The van der Waals surface area contributed by atoms with E-state index >= 15 is 0 Å². The van der Waals surface area contributed by atoms with Crippen LogP contribution in [0.3, 0.4) is 0 Å². The predicted molar refractivity (Wildman–Crippen MR) is 92.0 cm³/mol. The van der Waals surface area contributed by atoms with Crippen molar-refractivity contribution in [1.82, 2.24) is 0 Å². The zero-order valence-corrected chi connectivity index (χ0v) is 14.9. The first-order chi connectivity index (χ1) is 10.7. The average Bonchev–Trinajstić information content (AvgIpc) is 2.50. The molecule has 0 saturated carbocycles. The monoisotopic (exact) mass is 328 g/mol. The Hall–Kier alpha value is -1.47. The summed E-state index contributed by atoms with van der Waals surface area (Å²) in [5.41, 5.74) is 0. The molecular formula is C19H30F2O2. The van der Waals surface area contributed by atoms with Gasteiger partial charge in [0.05, 0.1) is 0 Å². The molecule has 0 spiro atoms. The normalized spacial score (nSPS) is 13.1. The average molecular weight is 328 g/mol. The number of halogens is 2. The second kappa shape index (κ2) is 15.4. The van der Waals surface area contributed by atoms with Crippen molar-refractivity contribution in [3.63, 3.8) is 0 Å². The summed E-state index contributed by atoms with van der Waals surface area (Å²) in [6.45, 7) is 9.92. The summed E-state index contributed by atoms with van der Waals surface area (Å²) in [4.78, 5) is 9.67. The molecule has 0 radical (unpaired) electrons. The molecule has 0 rings (SSSR count). The molecule has 0 aromatic carbocycles. The largest absolute Gasteiger partial charge is 0.374 e. The molecule has 0 aliphatic heterocycles. The fourth-order valence-electron chi connectivity index (χ4n) is 1.22. The number of carbonyl (C=O) groups excluding carboxylic acids is 1. The second-order valence-electron chi connectivity index (χ2n) is 6.03. The van der Waals surface area contributed by atoms with Crippen LogP contribution in [-0.4, -0.2) is 17.5 Å². The van der Waals surface area contributed by atoms with Gasteiger partial charge in [-0.25, -0.2) is 8.78 Å². The van der Waals surface area contributed by atoms with Gasteiger partial charge in [0, 0.05) is 6.42 Å². The van der Waals surface area contributed by atoms with Gasteiger partial charge in [-0.2, -0.15) is 0 Å². The van der Waals surface area contributed by atoms with Crippen molar-refractivity contribution in [3.8, 4) is 11.8 Å². The highest BCUT2D eigenvalue weighted by Crippen LogP contribution is 2.09. The number of hydrogen-bond donors (Lipinski definition) is 1. The van der Waals surface area contributed by atoms with Crippen LogP contribution < -0.4 is 0 Å². The number of aliphatic hydroxyl groups excluding tert-OH is 1. The van der Waals surface area contributed by atoms with Crippen LogP contribution in [0.2, 0.25) is 0 Å². The number of unbranched alkanes of at least 4 members (excludes halogenated alkanes) is 1. The molecule has 0 aromatic heterocycles. The summed E-state index contributed by atoms with van der Waals surface area (Å²) in [5, 5.41) is 9.24. The summed E-state index contributed by atoms with van der Waals surface area (Å²) < 4.78 is 25.1. The van der Waals surface area contributed by atoms with Gasteiger partial charge in [0.1, 0.15) is 5.83 Å². The summed E-state index contributed by atoms with van der Waals surface area (Å²) in [6, 6.07) is 0. The fourth-order valence-corrected chi connectivity index (χ4v) is 1.22. The maximum absolute atomic E-state index is 13.1. The van der Waals surface area contributed by atoms with Crippen molar-refractivity contribution in [3.05, 3.63) is 23.8 Å². The lowest BCUT2D eigenvalue weighted by Gasteiger charge is -2.01. The highest BCUT2D eigenvalue weighted by Gasteiger charge is 2.05. The smallest absolute Gasteiger partial charge is 0.178 e. The van der Waals surface area contributed by atoms with Crippen molar-refractivity contribution in [2.75, 3.05) is 0 Å². The Morgan fingerprint density at radius 1 is 1.09 bits per heavy atom. The topological polar surface area (TPSA) is 37.3 Å². The third-order valence-corrected chi connectivity index (χ3v) is 2.56. The summed E-state index contributed by atoms with van der Waals surface area (Å²) in [6.07, 6.45) is 4.60. The molecule has 2 nitrogen and oxygen atoms in total. The van der Waals surface area contributed by atoms with Crippen LogP contribution in [0.1, 0.15) is 60.3 Å². The van der Waals surface area contributed by atoms with Gasteiger partial charge in [-0.05, 0) is 43.3 Å². The first-order valence-electron chi connectivity index (χ1n) is 8.07. The van der Waals surface area contributed by atoms with E-state index in [2.05, 4.69) is 11.8 Å². The van der Waals surface area contributed by atoms with Gasteiger partial charge in [0.15, 0.2) is 18.2 Å². The SMILES string of the molecule is CC(C)C/C=C(/F)C=O.CCCC#CC(O)/C(F)=C\CC(C)C. The van der Waals surface area contributed by atoms with E-state index in [9.17, 15) is 18.7 Å². The lowest BCUT2D eigenvalue weighted by Crippen LogP contribution is -2.03. The Morgan fingerprint density at radius 2 is 1.61 bits per heavy atom. The van der Waals surface area contributed by atoms with E-state index in [4.69, 9.17) is 0 Å². The molecule has 1 unspecified atom stereocenters.